The van der Waals surface area contributed by atoms with Gasteiger partial charge < -0.3 is 15.1 Å². The average Bonchev–Trinajstić information content (AvgIpc) is 2.81. The summed E-state index contributed by atoms with van der Waals surface area (Å²) in [6.07, 6.45) is -4.60. The molecular weight excluding hydrogens is 433 g/mol. The number of carbonyl (C=O) groups excluding carboxylic acids is 2. The molecule has 0 aromatic heterocycles. The van der Waals surface area contributed by atoms with Crippen LogP contribution in [0.4, 0.5) is 18.9 Å². The highest BCUT2D eigenvalue weighted by Crippen LogP contribution is 2.31. The lowest BCUT2D eigenvalue weighted by Crippen LogP contribution is -2.54. The zero-order valence-electron chi connectivity index (χ0n) is 18.4. The van der Waals surface area contributed by atoms with Crippen LogP contribution in [0.15, 0.2) is 48.5 Å². The van der Waals surface area contributed by atoms with E-state index in [0.717, 1.165) is 11.1 Å². The van der Waals surface area contributed by atoms with Gasteiger partial charge in [0.25, 0.3) is 0 Å². The van der Waals surface area contributed by atoms with Crippen molar-refractivity contribution < 1.29 is 22.8 Å². The molecular formula is C24H27F3N4O2. The number of halogens is 3. The number of alkyl halides is 3. The van der Waals surface area contributed by atoms with Gasteiger partial charge in [-0.1, -0.05) is 42.5 Å². The summed E-state index contributed by atoms with van der Waals surface area (Å²) in [6, 6.07) is 14.1. The highest BCUT2D eigenvalue weighted by Gasteiger charge is 2.45. The van der Waals surface area contributed by atoms with Gasteiger partial charge in [0.2, 0.25) is 5.91 Å². The van der Waals surface area contributed by atoms with E-state index in [1.807, 2.05) is 43.4 Å². The highest BCUT2D eigenvalue weighted by atomic mass is 19.4. The maximum absolute atomic E-state index is 13.6. The Bertz CT molecular complexity index is 1010. The molecule has 2 amide bonds. The van der Waals surface area contributed by atoms with Crippen LogP contribution in [0.3, 0.4) is 0 Å². The first-order valence-corrected chi connectivity index (χ1v) is 11.0. The summed E-state index contributed by atoms with van der Waals surface area (Å²) in [5, 5.41) is 3.18. The fourth-order valence-electron chi connectivity index (χ4n) is 4.59. The molecule has 1 N–H and O–H groups in total. The smallest absolute Gasteiger partial charge is 0.332 e. The number of hydrogen-bond donors (Lipinski definition) is 1. The molecule has 0 spiro atoms. The van der Waals surface area contributed by atoms with Gasteiger partial charge in [-0.25, -0.2) is 0 Å². The Kier molecular flexibility index (Phi) is 6.71. The van der Waals surface area contributed by atoms with Gasteiger partial charge in [0.1, 0.15) is 6.54 Å². The zero-order valence-corrected chi connectivity index (χ0v) is 18.4. The standard InChI is InChI=1S/C24H27F3N4O2/c1-29-12-13-30(21(15-29)17-6-3-2-4-7-17)22(32)16-31(23(33)24(25,26)27)20-9-5-8-18-14-28-11-10-19(18)20/h2-9,21,28H,10-16H2,1H3. The average molecular weight is 461 g/mol. The Balaban J connectivity index is 1.66. The van der Waals surface area contributed by atoms with E-state index < -0.39 is 24.5 Å². The van der Waals surface area contributed by atoms with Crippen molar-refractivity contribution in [2.45, 2.75) is 25.2 Å². The number of benzene rings is 2. The first-order chi connectivity index (χ1) is 15.8. The van der Waals surface area contributed by atoms with Gasteiger partial charge in [-0.3, -0.25) is 14.5 Å². The number of carbonyl (C=O) groups is 2. The van der Waals surface area contributed by atoms with E-state index in [1.54, 1.807) is 11.0 Å². The number of hydrogen-bond acceptors (Lipinski definition) is 4. The third kappa shape index (κ3) is 5.04. The molecule has 1 fully saturated rings. The van der Waals surface area contributed by atoms with Crippen molar-refractivity contribution in [3.8, 4) is 0 Å². The van der Waals surface area contributed by atoms with Crippen LogP contribution in [-0.2, 0) is 22.6 Å². The SMILES string of the molecule is CN1CCN(C(=O)CN(C(=O)C(F)(F)F)c2cccc3c2CCNC3)C(c2ccccc2)C1. The van der Waals surface area contributed by atoms with E-state index in [4.69, 9.17) is 0 Å². The minimum absolute atomic E-state index is 0.162. The normalized spacial score (nSPS) is 19.2. The molecule has 176 valence electrons. The Morgan fingerprint density at radius 2 is 1.85 bits per heavy atom. The number of amides is 2. The van der Waals surface area contributed by atoms with Gasteiger partial charge in [-0.15, -0.1) is 0 Å². The van der Waals surface area contributed by atoms with Crippen molar-refractivity contribution >= 4 is 17.5 Å². The molecule has 6 nitrogen and oxygen atoms in total. The summed E-state index contributed by atoms with van der Waals surface area (Å²) in [5.74, 6) is -2.52. The minimum atomic E-state index is -5.09. The summed E-state index contributed by atoms with van der Waals surface area (Å²) < 4.78 is 40.7. The van der Waals surface area contributed by atoms with Crippen LogP contribution in [0.25, 0.3) is 0 Å². The fourth-order valence-corrected chi connectivity index (χ4v) is 4.59. The van der Waals surface area contributed by atoms with Gasteiger partial charge in [0.05, 0.1) is 6.04 Å². The molecule has 4 rings (SSSR count). The van der Waals surface area contributed by atoms with E-state index in [1.165, 1.54) is 6.07 Å². The molecule has 2 aromatic carbocycles. The lowest BCUT2D eigenvalue weighted by molar-refractivity contribution is -0.170. The maximum atomic E-state index is 13.6. The first-order valence-electron chi connectivity index (χ1n) is 11.0. The zero-order chi connectivity index (χ0) is 23.6. The van der Waals surface area contributed by atoms with Crippen LogP contribution < -0.4 is 10.2 Å². The Labute approximate surface area is 191 Å². The Morgan fingerprint density at radius 3 is 2.58 bits per heavy atom. The van der Waals surface area contributed by atoms with Crippen molar-refractivity contribution in [1.82, 2.24) is 15.1 Å². The topological polar surface area (TPSA) is 55.9 Å². The van der Waals surface area contributed by atoms with E-state index in [-0.39, 0.29) is 11.7 Å². The number of fused-ring (bicyclic) bond motifs is 1. The number of rotatable bonds is 4. The molecule has 2 heterocycles. The number of nitrogens with one attached hydrogen (secondary N) is 1. The Hall–Kier alpha value is -2.91. The van der Waals surface area contributed by atoms with Crippen LogP contribution in [-0.4, -0.2) is 67.6 Å². The van der Waals surface area contributed by atoms with Crippen LogP contribution >= 0.6 is 0 Å². The van der Waals surface area contributed by atoms with Crippen molar-refractivity contribution in [2.75, 3.05) is 44.7 Å². The summed E-state index contributed by atoms with van der Waals surface area (Å²) >= 11 is 0. The molecule has 2 aliphatic rings. The molecule has 0 radical (unpaired) electrons. The summed E-state index contributed by atoms with van der Waals surface area (Å²) in [4.78, 5) is 30.2. The monoisotopic (exact) mass is 460 g/mol. The predicted molar refractivity (Wildman–Crippen MR) is 119 cm³/mol. The van der Waals surface area contributed by atoms with Gasteiger partial charge in [-0.2, -0.15) is 13.2 Å². The molecule has 0 saturated carbocycles. The lowest BCUT2D eigenvalue weighted by atomic mass is 9.98. The molecule has 1 atom stereocenters. The largest absolute Gasteiger partial charge is 0.471 e. The van der Waals surface area contributed by atoms with E-state index >= 15 is 0 Å². The van der Waals surface area contributed by atoms with E-state index in [2.05, 4.69) is 10.2 Å². The molecule has 2 aliphatic heterocycles. The van der Waals surface area contributed by atoms with Gasteiger partial charge in [0, 0.05) is 31.9 Å². The van der Waals surface area contributed by atoms with Crippen molar-refractivity contribution in [1.29, 1.82) is 0 Å². The van der Waals surface area contributed by atoms with Gasteiger partial charge >= 0.3 is 12.1 Å². The minimum Gasteiger partial charge on any atom is -0.332 e. The maximum Gasteiger partial charge on any atom is 0.471 e. The number of likely N-dealkylation sites (N-methyl/N-ethyl adjacent to an activating group) is 1. The lowest BCUT2D eigenvalue weighted by Gasteiger charge is -2.41. The second-order valence-electron chi connectivity index (χ2n) is 8.51. The highest BCUT2D eigenvalue weighted by molar-refractivity contribution is 6.02. The molecule has 0 bridgehead atoms. The third-order valence-corrected chi connectivity index (χ3v) is 6.28. The Morgan fingerprint density at radius 1 is 1.09 bits per heavy atom. The predicted octanol–water partition coefficient (Wildman–Crippen LogP) is 2.74. The quantitative estimate of drug-likeness (QED) is 0.763. The molecule has 33 heavy (non-hydrogen) atoms. The second kappa shape index (κ2) is 9.52. The summed E-state index contributed by atoms with van der Waals surface area (Å²) in [7, 11) is 1.95. The third-order valence-electron chi connectivity index (χ3n) is 6.28. The molecule has 1 unspecified atom stereocenters. The second-order valence-corrected chi connectivity index (χ2v) is 8.51. The number of nitrogens with zero attached hydrogens (tertiary/aromatic N) is 3. The molecule has 2 aromatic rings. The summed E-state index contributed by atoms with van der Waals surface area (Å²) in [5.41, 5.74) is 2.59. The van der Waals surface area contributed by atoms with Crippen LogP contribution in [0.2, 0.25) is 0 Å². The van der Waals surface area contributed by atoms with Gasteiger partial charge in [0.15, 0.2) is 0 Å². The van der Waals surface area contributed by atoms with Crippen molar-refractivity contribution in [3.63, 3.8) is 0 Å². The molecule has 9 heteroatoms. The molecule has 1 saturated heterocycles. The van der Waals surface area contributed by atoms with E-state index in [0.29, 0.717) is 49.6 Å². The van der Waals surface area contributed by atoms with Crippen LogP contribution in [0.1, 0.15) is 22.7 Å². The van der Waals surface area contributed by atoms with Crippen molar-refractivity contribution in [3.05, 3.63) is 65.2 Å². The van der Waals surface area contributed by atoms with Crippen LogP contribution in [0, 0.1) is 0 Å². The summed E-state index contributed by atoms with van der Waals surface area (Å²) in [6.45, 7) is 2.00. The van der Waals surface area contributed by atoms with Crippen molar-refractivity contribution in [2.24, 2.45) is 0 Å². The van der Waals surface area contributed by atoms with E-state index in [9.17, 15) is 22.8 Å². The number of piperazine rings is 1. The number of anilines is 1. The van der Waals surface area contributed by atoms with Crippen LogP contribution in [0.5, 0.6) is 0 Å². The fraction of sp³-hybridized carbons (Fsp3) is 0.417. The molecule has 0 aliphatic carbocycles. The van der Waals surface area contributed by atoms with Gasteiger partial charge in [-0.05, 0) is 42.8 Å². The first kappa shape index (κ1) is 23.3.